The van der Waals surface area contributed by atoms with Crippen LogP contribution in [0.5, 0.6) is 0 Å². The summed E-state index contributed by atoms with van der Waals surface area (Å²) in [6.45, 7) is 4.33. The SMILES string of the molecule is CCCCCCCC/C=C\CCCCCCCCCC(=O)OCCCCCCCCCCCCCC/C=C\CCCCCCCCCCCCC(=O)NC(COC1OC(CO)C(O)C(O)C1O)C(O)/C=C/CCCCCCCCC. The summed E-state index contributed by atoms with van der Waals surface area (Å²) in [4.78, 5) is 25.1. The van der Waals surface area contributed by atoms with Crippen LogP contribution in [-0.2, 0) is 23.8 Å². The van der Waals surface area contributed by atoms with Crippen LogP contribution in [0.15, 0.2) is 36.5 Å². The van der Waals surface area contributed by atoms with Crippen LogP contribution in [0.3, 0.4) is 0 Å². The molecule has 1 rings (SSSR count). The smallest absolute Gasteiger partial charge is 0.305 e. The maximum absolute atomic E-state index is 13.0. The molecule has 0 aromatic carbocycles. The molecule has 1 saturated heterocycles. The van der Waals surface area contributed by atoms with Crippen LogP contribution in [0.2, 0.25) is 0 Å². The molecule has 80 heavy (non-hydrogen) atoms. The third-order valence-corrected chi connectivity index (χ3v) is 16.2. The highest BCUT2D eigenvalue weighted by atomic mass is 16.7. The number of aliphatic hydroxyl groups excluding tert-OH is 5. The average molecular weight is 1130 g/mol. The first-order valence-corrected chi connectivity index (χ1v) is 34.3. The zero-order valence-corrected chi connectivity index (χ0v) is 52.1. The predicted octanol–water partition coefficient (Wildman–Crippen LogP) is 17.0. The molecule has 7 unspecified atom stereocenters. The molecule has 7 atom stereocenters. The summed E-state index contributed by atoms with van der Waals surface area (Å²) in [5.41, 5.74) is 0. The van der Waals surface area contributed by atoms with E-state index in [1.54, 1.807) is 6.08 Å². The zero-order chi connectivity index (χ0) is 58.0. The van der Waals surface area contributed by atoms with E-state index in [1.807, 2.05) is 6.08 Å². The molecular weight excluding hydrogens is 1000 g/mol. The highest BCUT2D eigenvalue weighted by molar-refractivity contribution is 5.76. The van der Waals surface area contributed by atoms with E-state index in [9.17, 15) is 35.1 Å². The number of carbonyl (C=O) groups excluding carboxylic acids is 2. The zero-order valence-electron chi connectivity index (χ0n) is 52.1. The molecule has 1 heterocycles. The minimum Gasteiger partial charge on any atom is -0.466 e. The van der Waals surface area contributed by atoms with Gasteiger partial charge in [-0.25, -0.2) is 0 Å². The van der Waals surface area contributed by atoms with Gasteiger partial charge in [-0.3, -0.25) is 9.59 Å². The third kappa shape index (κ3) is 47.3. The number of amides is 1. The van der Waals surface area contributed by atoms with Crippen molar-refractivity contribution in [2.75, 3.05) is 19.8 Å². The Hall–Kier alpha value is -2.12. The lowest BCUT2D eigenvalue weighted by molar-refractivity contribution is -0.302. The number of hydrogen-bond acceptors (Lipinski definition) is 10. The lowest BCUT2D eigenvalue weighted by Gasteiger charge is -2.40. The summed E-state index contributed by atoms with van der Waals surface area (Å²) in [5.74, 6) is -0.184. The molecule has 0 bridgehead atoms. The van der Waals surface area contributed by atoms with E-state index in [-0.39, 0.29) is 18.5 Å². The fourth-order valence-electron chi connectivity index (χ4n) is 10.8. The summed E-state index contributed by atoms with van der Waals surface area (Å²) in [6, 6.07) is -0.810. The van der Waals surface area contributed by atoms with Crippen molar-refractivity contribution in [2.24, 2.45) is 0 Å². The molecule has 11 heteroatoms. The minimum atomic E-state index is -1.57. The molecule has 1 amide bonds. The molecule has 0 spiro atoms. The highest BCUT2D eigenvalue weighted by Crippen LogP contribution is 2.23. The van der Waals surface area contributed by atoms with Gasteiger partial charge in [0.25, 0.3) is 0 Å². The van der Waals surface area contributed by atoms with Crippen molar-refractivity contribution < 1.29 is 49.3 Å². The van der Waals surface area contributed by atoms with E-state index in [2.05, 4.69) is 43.5 Å². The van der Waals surface area contributed by atoms with Gasteiger partial charge in [-0.05, 0) is 83.5 Å². The Morgan fingerprint density at radius 3 is 1.20 bits per heavy atom. The Bertz CT molecular complexity index is 1420. The van der Waals surface area contributed by atoms with Crippen molar-refractivity contribution in [2.45, 2.75) is 371 Å². The molecule has 470 valence electrons. The van der Waals surface area contributed by atoms with Gasteiger partial charge in [0, 0.05) is 12.8 Å². The molecule has 0 aliphatic carbocycles. The number of hydrogen-bond donors (Lipinski definition) is 6. The largest absolute Gasteiger partial charge is 0.466 e. The van der Waals surface area contributed by atoms with Gasteiger partial charge in [-0.1, -0.05) is 269 Å². The van der Waals surface area contributed by atoms with Crippen LogP contribution >= 0.6 is 0 Å². The summed E-state index contributed by atoms with van der Waals surface area (Å²) >= 11 is 0. The van der Waals surface area contributed by atoms with Gasteiger partial charge in [0.05, 0.1) is 32.0 Å². The van der Waals surface area contributed by atoms with E-state index in [1.165, 1.54) is 244 Å². The Morgan fingerprint density at radius 2 is 0.800 bits per heavy atom. The highest BCUT2D eigenvalue weighted by Gasteiger charge is 2.44. The van der Waals surface area contributed by atoms with Crippen LogP contribution in [-0.4, -0.2) is 100 Å². The molecule has 0 aromatic heterocycles. The Balaban J connectivity index is 1.93. The van der Waals surface area contributed by atoms with Crippen molar-refractivity contribution in [3.63, 3.8) is 0 Å². The van der Waals surface area contributed by atoms with E-state index in [4.69, 9.17) is 14.2 Å². The Morgan fingerprint density at radius 1 is 0.450 bits per heavy atom. The topological polar surface area (TPSA) is 175 Å². The number of ether oxygens (including phenoxy) is 3. The van der Waals surface area contributed by atoms with Gasteiger partial charge in [-0.15, -0.1) is 0 Å². The first kappa shape index (κ1) is 75.9. The normalized spacial score (nSPS) is 18.5. The third-order valence-electron chi connectivity index (χ3n) is 16.2. The van der Waals surface area contributed by atoms with Crippen molar-refractivity contribution in [3.05, 3.63) is 36.5 Å². The standard InChI is InChI=1S/C69H129NO10/c1-3-5-7-9-11-13-14-15-16-27-31-34-37-41-45-49-53-57-65(74)78-58-54-50-46-42-38-35-32-29-26-24-22-20-18-17-19-21-23-25-28-30-33-36-40-44-48-52-56-64(73)70-61(62(72)55-51-47-43-39-12-10-8-6-4-2)60-79-69-68(77)67(76)66(75)63(59-71)80-69/h15-17,19,51,55,61-63,66-69,71-72,75-77H,3-14,18,20-50,52-54,56-60H2,1-2H3,(H,70,73)/b16-15-,19-17-,55-51+. The number of aliphatic hydroxyl groups is 5. The molecule has 6 N–H and O–H groups in total. The molecule has 1 aliphatic rings. The van der Waals surface area contributed by atoms with Gasteiger partial charge in [-0.2, -0.15) is 0 Å². The molecule has 0 radical (unpaired) electrons. The van der Waals surface area contributed by atoms with Gasteiger partial charge in [0.15, 0.2) is 6.29 Å². The average Bonchev–Trinajstić information content (AvgIpc) is 3.46. The van der Waals surface area contributed by atoms with Crippen LogP contribution in [0.4, 0.5) is 0 Å². The summed E-state index contributed by atoms with van der Waals surface area (Å²) in [7, 11) is 0. The van der Waals surface area contributed by atoms with E-state index < -0.39 is 49.5 Å². The van der Waals surface area contributed by atoms with Crippen molar-refractivity contribution in [1.82, 2.24) is 5.32 Å². The van der Waals surface area contributed by atoms with Crippen LogP contribution < -0.4 is 5.32 Å². The van der Waals surface area contributed by atoms with Crippen LogP contribution in [0.25, 0.3) is 0 Å². The molecule has 1 aliphatic heterocycles. The fraction of sp³-hybridized carbons (Fsp3) is 0.884. The maximum Gasteiger partial charge on any atom is 0.305 e. The second-order valence-corrected chi connectivity index (χ2v) is 23.9. The summed E-state index contributed by atoms with van der Waals surface area (Å²) < 4.78 is 16.7. The number of rotatable bonds is 60. The fourth-order valence-corrected chi connectivity index (χ4v) is 10.8. The lowest BCUT2D eigenvalue weighted by atomic mass is 9.99. The molecular formula is C69H129NO10. The van der Waals surface area contributed by atoms with Crippen LogP contribution in [0, 0.1) is 0 Å². The number of allylic oxidation sites excluding steroid dienone is 5. The van der Waals surface area contributed by atoms with Gasteiger partial charge >= 0.3 is 5.97 Å². The monoisotopic (exact) mass is 1130 g/mol. The quantitative estimate of drug-likeness (QED) is 0.0195. The summed E-state index contributed by atoms with van der Waals surface area (Å²) in [5, 5.41) is 54.3. The lowest BCUT2D eigenvalue weighted by Crippen LogP contribution is -2.60. The van der Waals surface area contributed by atoms with E-state index in [0.29, 0.717) is 19.4 Å². The van der Waals surface area contributed by atoms with Gasteiger partial charge in [0.1, 0.15) is 24.4 Å². The number of esters is 1. The minimum absolute atomic E-state index is 0.00109. The maximum atomic E-state index is 13.0. The van der Waals surface area contributed by atoms with E-state index in [0.717, 1.165) is 57.8 Å². The molecule has 0 aromatic rings. The predicted molar refractivity (Wildman–Crippen MR) is 334 cm³/mol. The Kier molecular flexibility index (Phi) is 55.6. The second kappa shape index (κ2) is 58.6. The second-order valence-electron chi connectivity index (χ2n) is 23.9. The number of nitrogens with one attached hydrogen (secondary N) is 1. The molecule has 1 fully saturated rings. The van der Waals surface area contributed by atoms with Gasteiger partial charge < -0.3 is 45.1 Å². The van der Waals surface area contributed by atoms with Crippen molar-refractivity contribution >= 4 is 11.9 Å². The first-order chi connectivity index (χ1) is 39.2. The van der Waals surface area contributed by atoms with Crippen molar-refractivity contribution in [1.29, 1.82) is 0 Å². The van der Waals surface area contributed by atoms with Crippen LogP contribution in [0.1, 0.15) is 328 Å². The molecule has 0 saturated carbocycles. The number of unbranched alkanes of at least 4 members (excludes halogenated alkanes) is 42. The molecule has 11 nitrogen and oxygen atoms in total. The summed E-state index contributed by atoms with van der Waals surface area (Å²) in [6.07, 6.45) is 64.2. The Labute approximate surface area is 492 Å². The first-order valence-electron chi connectivity index (χ1n) is 34.3. The van der Waals surface area contributed by atoms with Crippen molar-refractivity contribution in [3.8, 4) is 0 Å². The van der Waals surface area contributed by atoms with Gasteiger partial charge in [0.2, 0.25) is 5.91 Å². The number of carbonyl (C=O) groups is 2. The van der Waals surface area contributed by atoms with E-state index >= 15 is 0 Å².